The Balaban J connectivity index is 2.28. The standard InChI is InChI=1S/C8H11NO2/c10-11-7-6-9-8-4-2-1-3-5-8/h1-5,9-10H,6-7H2. The first-order valence-corrected chi connectivity index (χ1v) is 3.49. The van der Waals surface area contributed by atoms with E-state index in [-0.39, 0.29) is 0 Å². The zero-order valence-electron chi connectivity index (χ0n) is 6.16. The molecule has 0 spiro atoms. The third-order valence-electron chi connectivity index (χ3n) is 1.30. The van der Waals surface area contributed by atoms with E-state index in [2.05, 4.69) is 10.2 Å². The SMILES string of the molecule is OOCCNc1ccccc1. The molecule has 0 atom stereocenters. The van der Waals surface area contributed by atoms with Crippen LogP contribution in [0.5, 0.6) is 0 Å². The van der Waals surface area contributed by atoms with Gasteiger partial charge in [-0.1, -0.05) is 18.2 Å². The van der Waals surface area contributed by atoms with Crippen molar-refractivity contribution in [3.8, 4) is 0 Å². The summed E-state index contributed by atoms with van der Waals surface area (Å²) in [6.45, 7) is 0.912. The van der Waals surface area contributed by atoms with Gasteiger partial charge >= 0.3 is 0 Å². The summed E-state index contributed by atoms with van der Waals surface area (Å²) in [5.41, 5.74) is 1.03. The minimum Gasteiger partial charge on any atom is -0.383 e. The molecule has 0 aliphatic rings. The number of rotatable bonds is 4. The summed E-state index contributed by atoms with van der Waals surface area (Å²) < 4.78 is 0. The highest BCUT2D eigenvalue weighted by Gasteiger charge is 1.87. The summed E-state index contributed by atoms with van der Waals surface area (Å²) in [6, 6.07) is 9.76. The van der Waals surface area contributed by atoms with E-state index >= 15 is 0 Å². The molecule has 0 fully saturated rings. The molecule has 0 unspecified atom stereocenters. The van der Waals surface area contributed by atoms with Crippen molar-refractivity contribution < 1.29 is 10.1 Å². The highest BCUT2D eigenvalue weighted by atomic mass is 17.1. The van der Waals surface area contributed by atoms with Crippen molar-refractivity contribution in [2.75, 3.05) is 18.5 Å². The molecule has 0 amide bonds. The van der Waals surface area contributed by atoms with Crippen LogP contribution in [0, 0.1) is 0 Å². The molecule has 0 bridgehead atoms. The first-order chi connectivity index (χ1) is 5.43. The maximum absolute atomic E-state index is 8.00. The fraction of sp³-hybridized carbons (Fsp3) is 0.250. The van der Waals surface area contributed by atoms with Crippen LogP contribution in [-0.2, 0) is 4.89 Å². The number of para-hydroxylation sites is 1. The molecule has 1 aromatic carbocycles. The van der Waals surface area contributed by atoms with Crippen molar-refractivity contribution >= 4 is 5.69 Å². The van der Waals surface area contributed by atoms with Crippen LogP contribution in [-0.4, -0.2) is 18.4 Å². The van der Waals surface area contributed by atoms with E-state index in [0.29, 0.717) is 13.2 Å². The van der Waals surface area contributed by atoms with Crippen LogP contribution < -0.4 is 5.32 Å². The van der Waals surface area contributed by atoms with Crippen molar-refractivity contribution in [1.82, 2.24) is 0 Å². The number of anilines is 1. The van der Waals surface area contributed by atoms with Crippen LogP contribution in [0.25, 0.3) is 0 Å². The van der Waals surface area contributed by atoms with Gasteiger partial charge in [0, 0.05) is 12.2 Å². The molecule has 1 rings (SSSR count). The number of hydrogen-bond donors (Lipinski definition) is 2. The van der Waals surface area contributed by atoms with Crippen molar-refractivity contribution in [3.05, 3.63) is 30.3 Å². The van der Waals surface area contributed by atoms with Crippen LogP contribution in [0.3, 0.4) is 0 Å². The van der Waals surface area contributed by atoms with Gasteiger partial charge in [0.25, 0.3) is 0 Å². The van der Waals surface area contributed by atoms with Gasteiger partial charge in [-0.2, -0.15) is 0 Å². The summed E-state index contributed by atoms with van der Waals surface area (Å²) in [4.78, 5) is 3.90. The molecular weight excluding hydrogens is 142 g/mol. The fourth-order valence-corrected chi connectivity index (χ4v) is 0.797. The Bertz CT molecular complexity index is 189. The Morgan fingerprint density at radius 2 is 2.00 bits per heavy atom. The molecule has 0 saturated heterocycles. The van der Waals surface area contributed by atoms with Gasteiger partial charge in [0.2, 0.25) is 0 Å². The lowest BCUT2D eigenvalue weighted by Gasteiger charge is -2.02. The molecular formula is C8H11NO2. The van der Waals surface area contributed by atoms with Gasteiger partial charge in [0.05, 0.1) is 6.61 Å². The molecule has 0 saturated carbocycles. The zero-order valence-corrected chi connectivity index (χ0v) is 6.16. The quantitative estimate of drug-likeness (QED) is 0.392. The topological polar surface area (TPSA) is 41.5 Å². The third kappa shape index (κ3) is 3.02. The molecule has 0 aliphatic heterocycles. The van der Waals surface area contributed by atoms with E-state index in [9.17, 15) is 0 Å². The second-order valence-electron chi connectivity index (χ2n) is 2.13. The molecule has 60 valence electrons. The number of hydrogen-bond acceptors (Lipinski definition) is 3. The Labute approximate surface area is 65.5 Å². The Hall–Kier alpha value is -1.06. The largest absolute Gasteiger partial charge is 0.383 e. The van der Waals surface area contributed by atoms with E-state index in [1.165, 1.54) is 0 Å². The first-order valence-electron chi connectivity index (χ1n) is 3.49. The highest BCUT2D eigenvalue weighted by molar-refractivity contribution is 5.42. The molecule has 1 aromatic rings. The minimum absolute atomic E-state index is 0.300. The molecule has 0 radical (unpaired) electrons. The van der Waals surface area contributed by atoms with E-state index < -0.39 is 0 Å². The van der Waals surface area contributed by atoms with Crippen molar-refractivity contribution in [1.29, 1.82) is 0 Å². The Morgan fingerprint density at radius 3 is 2.64 bits per heavy atom. The third-order valence-corrected chi connectivity index (χ3v) is 1.30. The zero-order chi connectivity index (χ0) is 7.94. The average Bonchev–Trinajstić information content (AvgIpc) is 2.07. The molecule has 2 N–H and O–H groups in total. The normalized spacial score (nSPS) is 9.55. The maximum atomic E-state index is 8.00. The van der Waals surface area contributed by atoms with Crippen LogP contribution in [0.2, 0.25) is 0 Å². The van der Waals surface area contributed by atoms with E-state index in [0.717, 1.165) is 5.69 Å². The molecule has 0 aliphatic carbocycles. The fourth-order valence-electron chi connectivity index (χ4n) is 0.797. The van der Waals surface area contributed by atoms with Gasteiger partial charge in [-0.25, -0.2) is 4.89 Å². The second kappa shape index (κ2) is 4.71. The number of benzene rings is 1. The van der Waals surface area contributed by atoms with E-state index in [4.69, 9.17) is 5.26 Å². The van der Waals surface area contributed by atoms with Crippen LogP contribution in [0.4, 0.5) is 5.69 Å². The van der Waals surface area contributed by atoms with Gasteiger partial charge in [-0.15, -0.1) is 0 Å². The lowest BCUT2D eigenvalue weighted by Crippen LogP contribution is -2.07. The summed E-state index contributed by atoms with van der Waals surface area (Å²) in [7, 11) is 0. The minimum atomic E-state index is 0.300. The lowest BCUT2D eigenvalue weighted by atomic mass is 10.3. The molecule has 0 heterocycles. The summed E-state index contributed by atoms with van der Waals surface area (Å²) in [6.07, 6.45) is 0. The van der Waals surface area contributed by atoms with Crippen molar-refractivity contribution in [3.63, 3.8) is 0 Å². The van der Waals surface area contributed by atoms with Gasteiger partial charge in [-0.3, -0.25) is 5.26 Å². The smallest absolute Gasteiger partial charge is 0.0992 e. The highest BCUT2D eigenvalue weighted by Crippen LogP contribution is 2.03. The monoisotopic (exact) mass is 153 g/mol. The molecule has 11 heavy (non-hydrogen) atoms. The molecule has 3 heteroatoms. The van der Waals surface area contributed by atoms with Gasteiger partial charge in [0.15, 0.2) is 0 Å². The average molecular weight is 153 g/mol. The molecule has 0 aromatic heterocycles. The predicted molar refractivity (Wildman–Crippen MR) is 43.5 cm³/mol. The van der Waals surface area contributed by atoms with Gasteiger partial charge < -0.3 is 5.32 Å². The number of nitrogens with one attached hydrogen (secondary N) is 1. The maximum Gasteiger partial charge on any atom is 0.0992 e. The van der Waals surface area contributed by atoms with Crippen molar-refractivity contribution in [2.45, 2.75) is 0 Å². The molecule has 3 nitrogen and oxygen atoms in total. The summed E-state index contributed by atoms with van der Waals surface area (Å²) in [5, 5.41) is 11.1. The van der Waals surface area contributed by atoms with E-state index in [1.54, 1.807) is 0 Å². The first kappa shape index (κ1) is 8.04. The predicted octanol–water partition coefficient (Wildman–Crippen LogP) is 1.59. The summed E-state index contributed by atoms with van der Waals surface area (Å²) >= 11 is 0. The van der Waals surface area contributed by atoms with Crippen LogP contribution in [0.15, 0.2) is 30.3 Å². The Morgan fingerprint density at radius 1 is 1.27 bits per heavy atom. The van der Waals surface area contributed by atoms with Crippen molar-refractivity contribution in [2.24, 2.45) is 0 Å². The second-order valence-corrected chi connectivity index (χ2v) is 2.13. The summed E-state index contributed by atoms with van der Waals surface area (Å²) in [5.74, 6) is 0. The van der Waals surface area contributed by atoms with Gasteiger partial charge in [0.1, 0.15) is 0 Å². The van der Waals surface area contributed by atoms with Crippen LogP contribution in [0.1, 0.15) is 0 Å². The lowest BCUT2D eigenvalue weighted by molar-refractivity contribution is -0.238. The van der Waals surface area contributed by atoms with E-state index in [1.807, 2.05) is 30.3 Å². The Kier molecular flexibility index (Phi) is 3.44. The van der Waals surface area contributed by atoms with Crippen LogP contribution >= 0.6 is 0 Å². The van der Waals surface area contributed by atoms with Gasteiger partial charge in [-0.05, 0) is 12.1 Å².